The van der Waals surface area contributed by atoms with Crippen LogP contribution in [0.4, 0.5) is 19.0 Å². The zero-order valence-corrected chi connectivity index (χ0v) is 10.6. The molecule has 10 heteroatoms. The molecule has 0 saturated carbocycles. The molecule has 0 aliphatic carbocycles. The van der Waals surface area contributed by atoms with Gasteiger partial charge in [-0.25, -0.2) is 4.98 Å². The molecule has 0 aliphatic rings. The van der Waals surface area contributed by atoms with E-state index in [-0.39, 0.29) is 6.54 Å². The van der Waals surface area contributed by atoms with E-state index in [4.69, 9.17) is 0 Å². The molecule has 3 aromatic heterocycles. The monoisotopic (exact) mass is 297 g/mol. The Morgan fingerprint density at radius 3 is 2.95 bits per heavy atom. The average Bonchev–Trinajstić information content (AvgIpc) is 3.03. The van der Waals surface area contributed by atoms with Crippen LogP contribution in [0.2, 0.25) is 0 Å². The highest BCUT2D eigenvalue weighted by molar-refractivity contribution is 5.61. The van der Waals surface area contributed by atoms with Crippen LogP contribution in [0.15, 0.2) is 31.1 Å². The van der Waals surface area contributed by atoms with Crippen molar-refractivity contribution in [3.63, 3.8) is 0 Å². The third-order valence-corrected chi connectivity index (χ3v) is 2.70. The predicted octanol–water partition coefficient (Wildman–Crippen LogP) is 1.50. The number of hydrogen-bond donors (Lipinski definition) is 1. The van der Waals surface area contributed by atoms with E-state index in [0.29, 0.717) is 17.0 Å². The zero-order chi connectivity index (χ0) is 14.9. The van der Waals surface area contributed by atoms with E-state index in [1.54, 1.807) is 16.8 Å². The molecule has 7 nitrogen and oxygen atoms in total. The van der Waals surface area contributed by atoms with Crippen LogP contribution >= 0.6 is 0 Å². The summed E-state index contributed by atoms with van der Waals surface area (Å²) < 4.78 is 39.2. The summed E-state index contributed by atoms with van der Waals surface area (Å²) in [4.78, 5) is 4.12. The van der Waals surface area contributed by atoms with E-state index in [0.717, 1.165) is 4.68 Å². The Labute approximate surface area is 116 Å². The molecule has 0 amide bonds. The van der Waals surface area contributed by atoms with Gasteiger partial charge in [0.2, 0.25) is 5.65 Å². The average molecular weight is 297 g/mol. The quantitative estimate of drug-likeness (QED) is 0.790. The van der Waals surface area contributed by atoms with Crippen LogP contribution in [0.5, 0.6) is 0 Å². The van der Waals surface area contributed by atoms with E-state index in [9.17, 15) is 13.2 Å². The van der Waals surface area contributed by atoms with Crippen LogP contribution < -0.4 is 5.32 Å². The Morgan fingerprint density at radius 2 is 2.14 bits per heavy atom. The summed E-state index contributed by atoms with van der Waals surface area (Å²) in [5.41, 5.74) is 1.16. The van der Waals surface area contributed by atoms with Crippen molar-refractivity contribution >= 4 is 11.5 Å². The van der Waals surface area contributed by atoms with E-state index in [1.807, 2.05) is 0 Å². The van der Waals surface area contributed by atoms with Crippen molar-refractivity contribution < 1.29 is 13.2 Å². The molecule has 0 unspecified atom stereocenters. The Kier molecular flexibility index (Phi) is 3.20. The minimum Gasteiger partial charge on any atom is -0.363 e. The molecule has 0 atom stereocenters. The third kappa shape index (κ3) is 3.09. The number of nitrogens with zero attached hydrogens (tertiary/aromatic N) is 6. The first-order valence-corrected chi connectivity index (χ1v) is 5.97. The number of hydrogen-bond acceptors (Lipinski definition) is 5. The summed E-state index contributed by atoms with van der Waals surface area (Å²) >= 11 is 0. The van der Waals surface area contributed by atoms with Gasteiger partial charge in [-0.15, -0.1) is 10.2 Å². The standard InChI is InChI=1S/C11H10F3N7/c12-11(13,14)6-21-5-8(4-18-21)3-16-9-10-19-17-7-20(10)2-1-15-9/h1-2,4-5,7H,3,6H2,(H,15,16). The van der Waals surface area contributed by atoms with E-state index in [1.165, 1.54) is 18.7 Å². The van der Waals surface area contributed by atoms with E-state index < -0.39 is 12.7 Å². The largest absolute Gasteiger partial charge is 0.408 e. The summed E-state index contributed by atoms with van der Waals surface area (Å²) in [6.07, 6.45) is 3.23. The molecule has 110 valence electrons. The van der Waals surface area contributed by atoms with Crippen molar-refractivity contribution in [2.75, 3.05) is 5.32 Å². The molecular formula is C11H10F3N7. The number of anilines is 1. The Bertz CT molecular complexity index is 745. The van der Waals surface area contributed by atoms with Gasteiger partial charge in [0, 0.05) is 30.7 Å². The minimum absolute atomic E-state index is 0.289. The van der Waals surface area contributed by atoms with Gasteiger partial charge in [-0.2, -0.15) is 18.3 Å². The highest BCUT2D eigenvalue weighted by Crippen LogP contribution is 2.17. The molecule has 0 aromatic carbocycles. The topological polar surface area (TPSA) is 72.9 Å². The fraction of sp³-hybridized carbons (Fsp3) is 0.273. The molecule has 3 aromatic rings. The van der Waals surface area contributed by atoms with Gasteiger partial charge in [0.05, 0.1) is 6.20 Å². The summed E-state index contributed by atoms with van der Waals surface area (Å²) in [5.74, 6) is 0.499. The molecule has 1 N–H and O–H groups in total. The first-order valence-electron chi connectivity index (χ1n) is 5.97. The lowest BCUT2D eigenvalue weighted by Gasteiger charge is -2.05. The fourth-order valence-electron chi connectivity index (χ4n) is 1.84. The van der Waals surface area contributed by atoms with Crippen molar-refractivity contribution in [1.29, 1.82) is 0 Å². The van der Waals surface area contributed by atoms with Crippen LogP contribution in [0.1, 0.15) is 5.56 Å². The molecule has 3 rings (SSSR count). The van der Waals surface area contributed by atoms with Crippen molar-refractivity contribution in [2.24, 2.45) is 0 Å². The third-order valence-electron chi connectivity index (χ3n) is 2.70. The first-order chi connectivity index (χ1) is 10.0. The summed E-state index contributed by atoms with van der Waals surface area (Å²) in [6, 6.07) is 0. The Hall–Kier alpha value is -2.65. The van der Waals surface area contributed by atoms with Gasteiger partial charge < -0.3 is 5.32 Å². The smallest absolute Gasteiger partial charge is 0.363 e. The molecule has 0 bridgehead atoms. The Balaban J connectivity index is 1.69. The molecule has 0 radical (unpaired) electrons. The second-order valence-corrected chi connectivity index (χ2v) is 4.35. The Morgan fingerprint density at radius 1 is 1.29 bits per heavy atom. The van der Waals surface area contributed by atoms with Crippen LogP contribution in [0.25, 0.3) is 5.65 Å². The molecule has 0 spiro atoms. The van der Waals surface area contributed by atoms with Crippen LogP contribution in [-0.2, 0) is 13.1 Å². The first kappa shape index (κ1) is 13.3. The van der Waals surface area contributed by atoms with Gasteiger partial charge in [0.15, 0.2) is 5.82 Å². The summed E-state index contributed by atoms with van der Waals surface area (Å²) in [6.45, 7) is -0.817. The van der Waals surface area contributed by atoms with Crippen LogP contribution in [0, 0.1) is 0 Å². The lowest BCUT2D eigenvalue weighted by molar-refractivity contribution is -0.142. The second kappa shape index (κ2) is 5.04. The predicted molar refractivity (Wildman–Crippen MR) is 66.4 cm³/mol. The minimum atomic E-state index is -4.29. The number of fused-ring (bicyclic) bond motifs is 1. The zero-order valence-electron chi connectivity index (χ0n) is 10.6. The van der Waals surface area contributed by atoms with Crippen molar-refractivity contribution in [3.8, 4) is 0 Å². The molecule has 0 fully saturated rings. The van der Waals surface area contributed by atoms with Crippen LogP contribution in [-0.4, -0.2) is 35.5 Å². The van der Waals surface area contributed by atoms with Crippen molar-refractivity contribution in [2.45, 2.75) is 19.3 Å². The molecule has 21 heavy (non-hydrogen) atoms. The van der Waals surface area contributed by atoms with Crippen molar-refractivity contribution in [1.82, 2.24) is 29.4 Å². The lowest BCUT2D eigenvalue weighted by Crippen LogP contribution is -2.17. The maximum Gasteiger partial charge on any atom is 0.408 e. The second-order valence-electron chi connectivity index (χ2n) is 4.35. The number of halogens is 3. The van der Waals surface area contributed by atoms with Gasteiger partial charge in [-0.3, -0.25) is 9.08 Å². The number of rotatable bonds is 4. The van der Waals surface area contributed by atoms with Gasteiger partial charge >= 0.3 is 6.18 Å². The van der Waals surface area contributed by atoms with Gasteiger partial charge in [0.25, 0.3) is 0 Å². The lowest BCUT2D eigenvalue weighted by atomic mass is 10.3. The highest BCUT2D eigenvalue weighted by Gasteiger charge is 2.28. The molecular weight excluding hydrogens is 287 g/mol. The maximum absolute atomic E-state index is 12.2. The van der Waals surface area contributed by atoms with Gasteiger partial charge in [-0.05, 0) is 0 Å². The number of aromatic nitrogens is 6. The molecule has 0 saturated heterocycles. The maximum atomic E-state index is 12.2. The normalized spacial score (nSPS) is 12.0. The van der Waals surface area contributed by atoms with Gasteiger partial charge in [0.1, 0.15) is 12.9 Å². The van der Waals surface area contributed by atoms with E-state index >= 15 is 0 Å². The molecule has 0 aliphatic heterocycles. The van der Waals surface area contributed by atoms with E-state index in [2.05, 4.69) is 25.6 Å². The summed E-state index contributed by atoms with van der Waals surface area (Å²) in [5, 5.41) is 14.3. The van der Waals surface area contributed by atoms with Gasteiger partial charge in [-0.1, -0.05) is 0 Å². The fourth-order valence-corrected chi connectivity index (χ4v) is 1.84. The summed E-state index contributed by atoms with van der Waals surface area (Å²) in [7, 11) is 0. The van der Waals surface area contributed by atoms with Crippen molar-refractivity contribution in [3.05, 3.63) is 36.7 Å². The molecule has 3 heterocycles. The van der Waals surface area contributed by atoms with Crippen LogP contribution in [0.3, 0.4) is 0 Å². The number of alkyl halides is 3. The SMILES string of the molecule is FC(F)(F)Cn1cc(CNc2nccn3cnnc23)cn1. The number of nitrogens with one attached hydrogen (secondary N) is 1. The highest BCUT2D eigenvalue weighted by atomic mass is 19.4.